The highest BCUT2D eigenvalue weighted by atomic mass is 16.6. The van der Waals surface area contributed by atoms with Crippen LogP contribution in [0.2, 0.25) is 0 Å². The molecule has 0 fully saturated rings. The number of carboxylic acid groups (broad SMARTS) is 1. The van der Waals surface area contributed by atoms with E-state index in [2.05, 4.69) is 0 Å². The number of unbranched alkanes of at least 4 members (excludes halogenated alkanes) is 8. The van der Waals surface area contributed by atoms with Crippen molar-refractivity contribution in [3.63, 3.8) is 0 Å². The van der Waals surface area contributed by atoms with Crippen LogP contribution < -0.4 is 0 Å². The number of aliphatic hydroxyl groups is 2. The summed E-state index contributed by atoms with van der Waals surface area (Å²) >= 11 is 0. The SMILES string of the molecule is COC(C)C(O)C[C@H](O)OCCCCCCCCCCCC(=O)O. The zero-order valence-electron chi connectivity index (χ0n) is 15.3. The molecule has 0 aromatic heterocycles. The zero-order valence-corrected chi connectivity index (χ0v) is 15.3. The Morgan fingerprint density at radius 3 is 1.92 bits per heavy atom. The van der Waals surface area contributed by atoms with Gasteiger partial charge in [0.05, 0.1) is 12.2 Å². The molecule has 0 saturated carbocycles. The van der Waals surface area contributed by atoms with Crippen LogP contribution >= 0.6 is 0 Å². The monoisotopic (exact) mass is 348 g/mol. The van der Waals surface area contributed by atoms with Crippen LogP contribution in [-0.2, 0) is 14.3 Å². The van der Waals surface area contributed by atoms with Gasteiger partial charge in [-0.1, -0.05) is 44.9 Å². The standard InChI is InChI=1S/C18H36O6/c1-15(23-2)16(19)14-18(22)24-13-11-9-7-5-3-4-6-8-10-12-17(20)21/h15-16,18-19,22H,3-14H2,1-2H3,(H,20,21)/t15?,16?,18-/m1/s1. The van der Waals surface area contributed by atoms with E-state index in [0.717, 1.165) is 38.5 Å². The minimum absolute atomic E-state index is 0.164. The minimum atomic E-state index is -0.941. The Labute approximate surface area is 146 Å². The summed E-state index contributed by atoms with van der Waals surface area (Å²) in [6.45, 7) is 2.26. The predicted octanol–water partition coefficient (Wildman–Crippen LogP) is 3.09. The van der Waals surface area contributed by atoms with Crippen LogP contribution in [0.4, 0.5) is 0 Å². The van der Waals surface area contributed by atoms with E-state index in [-0.39, 0.29) is 18.9 Å². The van der Waals surface area contributed by atoms with Gasteiger partial charge in [-0.15, -0.1) is 0 Å². The highest BCUT2D eigenvalue weighted by Gasteiger charge is 2.18. The third-order valence-electron chi connectivity index (χ3n) is 4.20. The van der Waals surface area contributed by atoms with Gasteiger partial charge < -0.3 is 24.8 Å². The summed E-state index contributed by atoms with van der Waals surface area (Å²) < 4.78 is 10.3. The second kappa shape index (κ2) is 15.8. The Morgan fingerprint density at radius 2 is 1.42 bits per heavy atom. The van der Waals surface area contributed by atoms with Gasteiger partial charge in [0, 0.05) is 26.6 Å². The Kier molecular flexibility index (Phi) is 15.4. The molecule has 0 aliphatic carbocycles. The molecule has 144 valence electrons. The molecule has 3 atom stereocenters. The summed E-state index contributed by atoms with van der Waals surface area (Å²) in [5.74, 6) is -0.704. The Bertz CT molecular complexity index is 297. The normalized spacial score (nSPS) is 15.2. The van der Waals surface area contributed by atoms with Crippen molar-refractivity contribution >= 4 is 5.97 Å². The summed E-state index contributed by atoms with van der Waals surface area (Å²) in [5.41, 5.74) is 0. The fraction of sp³-hybridized carbons (Fsp3) is 0.944. The summed E-state index contributed by atoms with van der Waals surface area (Å²) in [6.07, 6.45) is 8.06. The van der Waals surface area contributed by atoms with Gasteiger partial charge in [0.1, 0.15) is 0 Å². The Balaban J connectivity index is 3.29. The zero-order chi connectivity index (χ0) is 18.2. The highest BCUT2D eigenvalue weighted by molar-refractivity contribution is 5.66. The first-order valence-corrected chi connectivity index (χ1v) is 9.19. The Morgan fingerprint density at radius 1 is 0.917 bits per heavy atom. The number of ether oxygens (including phenoxy) is 2. The van der Waals surface area contributed by atoms with Gasteiger partial charge in [-0.05, 0) is 19.8 Å². The number of aliphatic carboxylic acids is 1. The van der Waals surface area contributed by atoms with E-state index in [0.29, 0.717) is 6.61 Å². The fourth-order valence-corrected chi connectivity index (χ4v) is 2.46. The fourth-order valence-electron chi connectivity index (χ4n) is 2.46. The van der Waals surface area contributed by atoms with E-state index in [9.17, 15) is 15.0 Å². The van der Waals surface area contributed by atoms with Crippen molar-refractivity contribution in [2.75, 3.05) is 13.7 Å². The average Bonchev–Trinajstić information content (AvgIpc) is 2.54. The summed E-state index contributed by atoms with van der Waals surface area (Å²) in [7, 11) is 1.52. The molecule has 0 saturated heterocycles. The van der Waals surface area contributed by atoms with Crippen LogP contribution in [0.15, 0.2) is 0 Å². The molecule has 0 bridgehead atoms. The number of hydrogen-bond acceptors (Lipinski definition) is 5. The van der Waals surface area contributed by atoms with Crippen molar-refractivity contribution in [2.24, 2.45) is 0 Å². The second-order valence-electron chi connectivity index (χ2n) is 6.40. The first-order valence-electron chi connectivity index (χ1n) is 9.19. The van der Waals surface area contributed by atoms with Crippen molar-refractivity contribution in [3.8, 4) is 0 Å². The lowest BCUT2D eigenvalue weighted by Crippen LogP contribution is -2.30. The lowest BCUT2D eigenvalue weighted by atomic mass is 10.1. The molecule has 2 unspecified atom stereocenters. The smallest absolute Gasteiger partial charge is 0.303 e. The van der Waals surface area contributed by atoms with Crippen LogP contribution in [0.1, 0.15) is 77.6 Å². The van der Waals surface area contributed by atoms with Crippen LogP contribution in [0.3, 0.4) is 0 Å². The largest absolute Gasteiger partial charge is 0.481 e. The molecule has 0 heterocycles. The molecule has 0 spiro atoms. The number of carbonyl (C=O) groups is 1. The molecule has 0 rings (SSSR count). The van der Waals surface area contributed by atoms with E-state index >= 15 is 0 Å². The maximum Gasteiger partial charge on any atom is 0.303 e. The van der Waals surface area contributed by atoms with Crippen LogP contribution in [0.5, 0.6) is 0 Å². The van der Waals surface area contributed by atoms with E-state index in [1.807, 2.05) is 0 Å². The molecule has 6 nitrogen and oxygen atoms in total. The van der Waals surface area contributed by atoms with Gasteiger partial charge in [0.25, 0.3) is 0 Å². The van der Waals surface area contributed by atoms with Gasteiger partial charge in [-0.25, -0.2) is 0 Å². The number of methoxy groups -OCH3 is 1. The molecular weight excluding hydrogens is 312 g/mol. The van der Waals surface area contributed by atoms with Crippen LogP contribution in [-0.4, -0.2) is 53.5 Å². The minimum Gasteiger partial charge on any atom is -0.481 e. The van der Waals surface area contributed by atoms with Crippen LogP contribution in [0, 0.1) is 0 Å². The van der Waals surface area contributed by atoms with Gasteiger partial charge in [-0.3, -0.25) is 4.79 Å². The summed E-state index contributed by atoms with van der Waals surface area (Å²) in [4.78, 5) is 10.4. The number of rotatable bonds is 17. The molecule has 0 aromatic carbocycles. The molecule has 0 amide bonds. The number of carboxylic acids is 1. The van der Waals surface area contributed by atoms with Crippen LogP contribution in [0.25, 0.3) is 0 Å². The van der Waals surface area contributed by atoms with E-state index in [4.69, 9.17) is 14.6 Å². The van der Waals surface area contributed by atoms with Gasteiger partial charge in [-0.2, -0.15) is 0 Å². The lowest BCUT2D eigenvalue weighted by Gasteiger charge is -2.20. The molecular formula is C18H36O6. The third-order valence-corrected chi connectivity index (χ3v) is 4.20. The number of aliphatic hydroxyl groups excluding tert-OH is 2. The first-order chi connectivity index (χ1) is 11.5. The van der Waals surface area contributed by atoms with Gasteiger partial charge in [0.2, 0.25) is 0 Å². The van der Waals surface area contributed by atoms with Crippen molar-refractivity contribution in [3.05, 3.63) is 0 Å². The summed E-state index contributed by atoms with van der Waals surface area (Å²) in [6, 6.07) is 0. The first kappa shape index (κ1) is 23.3. The van der Waals surface area contributed by atoms with E-state index < -0.39 is 18.4 Å². The molecule has 3 N–H and O–H groups in total. The van der Waals surface area contributed by atoms with Crippen molar-refractivity contribution in [2.45, 2.75) is 96.1 Å². The molecule has 0 radical (unpaired) electrons. The van der Waals surface area contributed by atoms with Crippen molar-refractivity contribution < 1.29 is 29.6 Å². The molecule has 24 heavy (non-hydrogen) atoms. The third kappa shape index (κ3) is 14.9. The Hall–Kier alpha value is -0.690. The quantitative estimate of drug-likeness (QED) is 0.276. The predicted molar refractivity (Wildman–Crippen MR) is 92.9 cm³/mol. The van der Waals surface area contributed by atoms with Gasteiger partial charge >= 0.3 is 5.97 Å². The molecule has 0 aliphatic heterocycles. The van der Waals surface area contributed by atoms with Gasteiger partial charge in [0.15, 0.2) is 6.29 Å². The maximum absolute atomic E-state index is 10.4. The maximum atomic E-state index is 10.4. The van der Waals surface area contributed by atoms with E-state index in [1.165, 1.54) is 26.4 Å². The summed E-state index contributed by atoms with van der Waals surface area (Å²) in [5, 5.41) is 27.9. The topological polar surface area (TPSA) is 96.2 Å². The second-order valence-corrected chi connectivity index (χ2v) is 6.40. The molecule has 0 aromatic rings. The van der Waals surface area contributed by atoms with Crippen molar-refractivity contribution in [1.29, 1.82) is 0 Å². The molecule has 6 heteroatoms. The lowest BCUT2D eigenvalue weighted by molar-refractivity contribution is -0.137. The highest BCUT2D eigenvalue weighted by Crippen LogP contribution is 2.11. The number of hydrogen-bond donors (Lipinski definition) is 3. The molecule has 0 aliphatic rings. The average molecular weight is 348 g/mol. The van der Waals surface area contributed by atoms with E-state index in [1.54, 1.807) is 6.92 Å². The van der Waals surface area contributed by atoms with Crippen molar-refractivity contribution in [1.82, 2.24) is 0 Å².